The first kappa shape index (κ1) is 32.3. The van der Waals surface area contributed by atoms with E-state index in [2.05, 4.69) is 218 Å². The van der Waals surface area contributed by atoms with Gasteiger partial charge in [-0.05, 0) is 123 Å². The van der Waals surface area contributed by atoms with Gasteiger partial charge in [-0.3, -0.25) is 0 Å². The molecular weight excluding hydrogens is 679 g/mol. The summed E-state index contributed by atoms with van der Waals surface area (Å²) in [5, 5.41) is 2.36. The van der Waals surface area contributed by atoms with Gasteiger partial charge in [-0.15, -0.1) is 0 Å². The molecule has 0 bridgehead atoms. The summed E-state index contributed by atoms with van der Waals surface area (Å²) in [6, 6.07) is 74.7. The van der Waals surface area contributed by atoms with Gasteiger partial charge in [-0.1, -0.05) is 152 Å². The molecule has 0 aromatic heterocycles. The van der Waals surface area contributed by atoms with Crippen LogP contribution in [0.2, 0.25) is 0 Å². The van der Waals surface area contributed by atoms with Crippen molar-refractivity contribution < 1.29 is 4.74 Å². The standard InChI is InChI=1S/C54H37NO/c1-54(49-21-7-5-18-45(49)46-19-6-8-22-50(46)54)41-27-31-43(32-28-41)55(42-29-24-37(25-30-42)36-12-3-2-4-13-36)44-17-9-16-39(34-44)40-26-33-51-48(35-40)47-20-10-14-38-15-11-23-52(56-51)53(38)47/h2-35H,1H3. The Bertz CT molecular complexity index is 2890. The summed E-state index contributed by atoms with van der Waals surface area (Å²) in [5.41, 5.74) is 16.7. The van der Waals surface area contributed by atoms with Crippen molar-refractivity contribution in [2.45, 2.75) is 12.3 Å². The molecule has 2 nitrogen and oxygen atoms in total. The topological polar surface area (TPSA) is 12.5 Å². The minimum Gasteiger partial charge on any atom is -0.456 e. The second-order valence-corrected chi connectivity index (χ2v) is 15.0. The average molecular weight is 716 g/mol. The third kappa shape index (κ3) is 5.03. The van der Waals surface area contributed by atoms with E-state index < -0.39 is 0 Å². The minimum absolute atomic E-state index is 0.255. The summed E-state index contributed by atoms with van der Waals surface area (Å²) in [6.45, 7) is 2.37. The molecule has 0 saturated carbocycles. The molecule has 2 heteroatoms. The zero-order valence-electron chi connectivity index (χ0n) is 31.0. The van der Waals surface area contributed by atoms with Crippen LogP contribution in [-0.4, -0.2) is 0 Å². The molecule has 1 aliphatic heterocycles. The van der Waals surface area contributed by atoms with Gasteiger partial charge in [0.25, 0.3) is 0 Å². The first-order chi connectivity index (χ1) is 27.6. The maximum absolute atomic E-state index is 6.44. The lowest BCUT2D eigenvalue weighted by atomic mass is 9.74. The fourth-order valence-electron chi connectivity index (χ4n) is 9.16. The van der Waals surface area contributed by atoms with Gasteiger partial charge in [0.1, 0.15) is 11.5 Å². The van der Waals surface area contributed by atoms with Crippen LogP contribution in [0, 0.1) is 0 Å². The van der Waals surface area contributed by atoms with E-state index in [1.165, 1.54) is 55.3 Å². The van der Waals surface area contributed by atoms with Crippen LogP contribution >= 0.6 is 0 Å². The van der Waals surface area contributed by atoms with Gasteiger partial charge in [0.15, 0.2) is 0 Å². The molecule has 9 aromatic carbocycles. The molecule has 56 heavy (non-hydrogen) atoms. The third-order valence-corrected chi connectivity index (χ3v) is 12.0. The van der Waals surface area contributed by atoms with Crippen LogP contribution in [0.25, 0.3) is 55.3 Å². The molecule has 1 aliphatic carbocycles. The van der Waals surface area contributed by atoms with E-state index >= 15 is 0 Å². The zero-order valence-corrected chi connectivity index (χ0v) is 31.0. The number of anilines is 3. The van der Waals surface area contributed by atoms with Crippen LogP contribution in [0.3, 0.4) is 0 Å². The third-order valence-electron chi connectivity index (χ3n) is 12.0. The van der Waals surface area contributed by atoms with Crippen molar-refractivity contribution in [2.75, 3.05) is 4.90 Å². The van der Waals surface area contributed by atoms with E-state index in [1.54, 1.807) is 0 Å². The molecule has 0 unspecified atom stereocenters. The minimum atomic E-state index is -0.255. The number of hydrogen-bond donors (Lipinski definition) is 0. The molecule has 0 atom stereocenters. The summed E-state index contributed by atoms with van der Waals surface area (Å²) >= 11 is 0. The quantitative estimate of drug-likeness (QED) is 0.170. The lowest BCUT2D eigenvalue weighted by molar-refractivity contribution is 0.487. The fraction of sp³-hybridized carbons (Fsp3) is 0.0370. The Balaban J connectivity index is 1.02. The summed E-state index contributed by atoms with van der Waals surface area (Å²) in [5.74, 6) is 1.80. The number of benzene rings is 9. The number of ether oxygens (including phenoxy) is 1. The van der Waals surface area contributed by atoms with E-state index in [9.17, 15) is 0 Å². The smallest absolute Gasteiger partial charge is 0.135 e. The first-order valence-corrected chi connectivity index (χ1v) is 19.3. The highest BCUT2D eigenvalue weighted by Crippen LogP contribution is 2.53. The summed E-state index contributed by atoms with van der Waals surface area (Å²) < 4.78 is 6.44. The maximum atomic E-state index is 6.44. The van der Waals surface area contributed by atoms with Gasteiger partial charge in [-0.25, -0.2) is 0 Å². The number of hydrogen-bond acceptors (Lipinski definition) is 2. The maximum Gasteiger partial charge on any atom is 0.135 e. The lowest BCUT2D eigenvalue weighted by Crippen LogP contribution is -2.22. The van der Waals surface area contributed by atoms with Crippen LogP contribution in [-0.2, 0) is 5.41 Å². The predicted molar refractivity (Wildman–Crippen MR) is 232 cm³/mol. The van der Waals surface area contributed by atoms with Crippen LogP contribution in [0.15, 0.2) is 206 Å². The van der Waals surface area contributed by atoms with Crippen molar-refractivity contribution in [1.82, 2.24) is 0 Å². The highest BCUT2D eigenvalue weighted by atomic mass is 16.5. The molecule has 0 spiro atoms. The Morgan fingerprint density at radius 3 is 1.66 bits per heavy atom. The van der Waals surface area contributed by atoms with Crippen LogP contribution in [0.4, 0.5) is 17.1 Å². The Morgan fingerprint density at radius 2 is 0.929 bits per heavy atom. The Hall–Kier alpha value is -7.16. The van der Waals surface area contributed by atoms with Gasteiger partial charge >= 0.3 is 0 Å². The summed E-state index contributed by atoms with van der Waals surface area (Å²) in [4.78, 5) is 2.37. The van der Waals surface area contributed by atoms with E-state index in [4.69, 9.17) is 4.74 Å². The van der Waals surface area contributed by atoms with E-state index in [0.29, 0.717) is 0 Å². The van der Waals surface area contributed by atoms with Gasteiger partial charge in [0.2, 0.25) is 0 Å². The Kier molecular flexibility index (Phi) is 7.33. The van der Waals surface area contributed by atoms with E-state index in [0.717, 1.165) is 45.3 Å². The highest BCUT2D eigenvalue weighted by Gasteiger charge is 2.40. The normalized spacial score (nSPS) is 13.0. The molecule has 0 saturated heterocycles. The average Bonchev–Trinajstić information content (AvgIpc) is 3.53. The predicted octanol–water partition coefficient (Wildman–Crippen LogP) is 14.8. The van der Waals surface area contributed by atoms with Gasteiger partial charge in [0.05, 0.1) is 0 Å². The second-order valence-electron chi connectivity index (χ2n) is 15.0. The van der Waals surface area contributed by atoms with Crippen LogP contribution < -0.4 is 9.64 Å². The van der Waals surface area contributed by atoms with Crippen molar-refractivity contribution in [3.8, 4) is 56.0 Å². The van der Waals surface area contributed by atoms with Crippen molar-refractivity contribution in [3.05, 3.63) is 223 Å². The lowest BCUT2D eigenvalue weighted by Gasteiger charge is -2.30. The number of rotatable bonds is 6. The van der Waals surface area contributed by atoms with E-state index in [-0.39, 0.29) is 5.41 Å². The van der Waals surface area contributed by atoms with Crippen molar-refractivity contribution in [1.29, 1.82) is 0 Å². The molecule has 11 rings (SSSR count). The Labute approximate surface area is 327 Å². The Morgan fingerprint density at radius 1 is 0.375 bits per heavy atom. The van der Waals surface area contributed by atoms with Gasteiger partial charge in [0, 0.05) is 33.4 Å². The molecule has 9 aromatic rings. The second kappa shape index (κ2) is 12.7. The van der Waals surface area contributed by atoms with Crippen molar-refractivity contribution in [3.63, 3.8) is 0 Å². The van der Waals surface area contributed by atoms with Crippen LogP contribution in [0.1, 0.15) is 23.6 Å². The summed E-state index contributed by atoms with van der Waals surface area (Å²) in [7, 11) is 0. The molecular formula is C54H37NO. The van der Waals surface area contributed by atoms with Gasteiger partial charge < -0.3 is 9.64 Å². The molecule has 0 amide bonds. The van der Waals surface area contributed by atoms with Crippen LogP contribution in [0.5, 0.6) is 11.5 Å². The van der Waals surface area contributed by atoms with E-state index in [1.807, 2.05) is 0 Å². The molecule has 0 N–H and O–H groups in total. The fourth-order valence-corrected chi connectivity index (χ4v) is 9.16. The number of nitrogens with zero attached hydrogens (tertiary/aromatic N) is 1. The molecule has 1 heterocycles. The largest absolute Gasteiger partial charge is 0.456 e. The number of fused-ring (bicyclic) bond motifs is 5. The summed E-state index contributed by atoms with van der Waals surface area (Å²) in [6.07, 6.45) is 0. The molecule has 264 valence electrons. The molecule has 0 fully saturated rings. The monoisotopic (exact) mass is 715 g/mol. The van der Waals surface area contributed by atoms with Gasteiger partial charge in [-0.2, -0.15) is 0 Å². The van der Waals surface area contributed by atoms with Crippen molar-refractivity contribution >= 4 is 27.8 Å². The highest BCUT2D eigenvalue weighted by molar-refractivity contribution is 6.04. The zero-order chi connectivity index (χ0) is 37.2. The first-order valence-electron chi connectivity index (χ1n) is 19.3. The molecule has 2 aliphatic rings. The van der Waals surface area contributed by atoms with Crippen molar-refractivity contribution in [2.24, 2.45) is 0 Å². The molecule has 0 radical (unpaired) electrons. The SMILES string of the molecule is CC1(c2ccc(N(c3ccc(-c4ccccc4)cc3)c3cccc(-c4ccc5c(c4)-c4cccc6cccc(c46)O5)c3)cc2)c2ccccc2-c2ccccc21.